The van der Waals surface area contributed by atoms with Crippen LogP contribution in [0.15, 0.2) is 46.3 Å². The van der Waals surface area contributed by atoms with Gasteiger partial charge in [-0.2, -0.15) is 4.98 Å². The molecule has 6 rings (SSSR count). The van der Waals surface area contributed by atoms with Crippen LogP contribution >= 0.6 is 23.6 Å². The molecule has 0 atom stereocenters. The number of thiophene rings is 1. The van der Waals surface area contributed by atoms with Crippen LogP contribution in [0, 0.1) is 11.7 Å². The molecule has 1 saturated carbocycles. The molecule has 1 aliphatic carbocycles. The van der Waals surface area contributed by atoms with Crippen molar-refractivity contribution in [2.45, 2.75) is 39.0 Å². The third-order valence-electron chi connectivity index (χ3n) is 6.54. The molecule has 4 heterocycles. The Balaban J connectivity index is 1.09. The van der Waals surface area contributed by atoms with Crippen molar-refractivity contribution in [2.75, 3.05) is 26.2 Å². The molecular formula is C24H27N7OS2. The van der Waals surface area contributed by atoms with Crippen molar-refractivity contribution >= 4 is 23.6 Å². The molecule has 3 aromatic heterocycles. The van der Waals surface area contributed by atoms with E-state index < -0.39 is 0 Å². The van der Waals surface area contributed by atoms with E-state index in [1.54, 1.807) is 11.3 Å². The first kappa shape index (κ1) is 21.8. The predicted molar refractivity (Wildman–Crippen MR) is 134 cm³/mol. The summed E-state index contributed by atoms with van der Waals surface area (Å²) in [5.41, 5.74) is 2.17. The molecule has 176 valence electrons. The molecule has 10 heteroatoms. The van der Waals surface area contributed by atoms with Gasteiger partial charge in [-0.3, -0.25) is 14.4 Å². The van der Waals surface area contributed by atoms with Gasteiger partial charge in [0.15, 0.2) is 10.6 Å². The molecule has 0 unspecified atom stereocenters. The van der Waals surface area contributed by atoms with E-state index >= 15 is 0 Å². The summed E-state index contributed by atoms with van der Waals surface area (Å²) in [4.78, 5) is 10.6. The average molecular weight is 494 g/mol. The van der Waals surface area contributed by atoms with Crippen LogP contribution in [-0.4, -0.2) is 60.5 Å². The first-order valence-corrected chi connectivity index (χ1v) is 13.0. The van der Waals surface area contributed by atoms with E-state index in [-0.39, 0.29) is 0 Å². The lowest BCUT2D eigenvalue weighted by molar-refractivity contribution is 0.0908. The molecule has 0 spiro atoms. The van der Waals surface area contributed by atoms with Gasteiger partial charge in [0.25, 0.3) is 0 Å². The fraction of sp³-hybridized carbons (Fsp3) is 0.417. The molecule has 4 aromatic rings. The maximum Gasteiger partial charge on any atom is 0.241 e. The van der Waals surface area contributed by atoms with Crippen LogP contribution in [0.2, 0.25) is 0 Å². The number of aryl methyl sites for hydroxylation is 1. The molecule has 8 nitrogen and oxygen atoms in total. The van der Waals surface area contributed by atoms with Crippen molar-refractivity contribution in [3.8, 4) is 22.1 Å². The van der Waals surface area contributed by atoms with E-state index in [1.165, 1.54) is 17.7 Å². The Morgan fingerprint density at radius 1 is 1.06 bits per heavy atom. The Bertz CT molecular complexity index is 1330. The van der Waals surface area contributed by atoms with E-state index in [9.17, 15) is 0 Å². The summed E-state index contributed by atoms with van der Waals surface area (Å²) in [6, 6.07) is 12.8. The molecule has 0 amide bonds. The van der Waals surface area contributed by atoms with Crippen LogP contribution in [0.3, 0.4) is 0 Å². The number of hydrogen-bond acceptors (Lipinski definition) is 8. The Labute approximate surface area is 207 Å². The lowest BCUT2D eigenvalue weighted by atomic mass is 10.1. The van der Waals surface area contributed by atoms with Gasteiger partial charge in [0.2, 0.25) is 11.7 Å². The predicted octanol–water partition coefficient (Wildman–Crippen LogP) is 4.61. The summed E-state index contributed by atoms with van der Waals surface area (Å²) in [6.07, 6.45) is 2.39. The lowest BCUT2D eigenvalue weighted by Crippen LogP contribution is -2.46. The number of hydrogen-bond donors (Lipinski definition) is 0. The molecule has 1 aliphatic heterocycles. The van der Waals surface area contributed by atoms with Crippen molar-refractivity contribution in [1.29, 1.82) is 0 Å². The Hall–Kier alpha value is -2.66. The highest BCUT2D eigenvalue weighted by Gasteiger charge is 2.30. The van der Waals surface area contributed by atoms with Crippen molar-refractivity contribution in [3.63, 3.8) is 0 Å². The zero-order chi connectivity index (χ0) is 23.1. The standard InChI is InChI=1S/C24H27N7OS2/c1-17-5-2-3-6-19(17)22-25-21(32-27-22)15-28-10-12-29(13-11-28)16-30-24(33)31(18-8-9-18)23(26-30)20-7-4-14-34-20/h2-7,14,18H,8-13,15-16H2,1H3. The van der Waals surface area contributed by atoms with Crippen LogP contribution in [0.25, 0.3) is 22.1 Å². The highest BCUT2D eigenvalue weighted by Crippen LogP contribution is 2.39. The number of rotatable bonds is 7. The summed E-state index contributed by atoms with van der Waals surface area (Å²) in [5.74, 6) is 2.34. The Kier molecular flexibility index (Phi) is 5.90. The van der Waals surface area contributed by atoms with Gasteiger partial charge >= 0.3 is 0 Å². The summed E-state index contributed by atoms with van der Waals surface area (Å²) in [7, 11) is 0. The van der Waals surface area contributed by atoms with Gasteiger partial charge < -0.3 is 4.52 Å². The van der Waals surface area contributed by atoms with Crippen molar-refractivity contribution < 1.29 is 4.52 Å². The minimum absolute atomic E-state index is 0.508. The molecule has 2 fully saturated rings. The molecule has 34 heavy (non-hydrogen) atoms. The van der Waals surface area contributed by atoms with Crippen molar-refractivity contribution in [1.82, 2.24) is 34.3 Å². The summed E-state index contributed by atoms with van der Waals surface area (Å²) in [6.45, 7) is 7.24. The third-order valence-corrected chi connectivity index (χ3v) is 7.81. The molecule has 1 aromatic carbocycles. The van der Waals surface area contributed by atoms with Gasteiger partial charge in [-0.1, -0.05) is 35.5 Å². The van der Waals surface area contributed by atoms with Gasteiger partial charge in [-0.15, -0.1) is 16.4 Å². The van der Waals surface area contributed by atoms with Crippen molar-refractivity contribution in [2.24, 2.45) is 0 Å². The second kappa shape index (κ2) is 9.18. The second-order valence-electron chi connectivity index (χ2n) is 9.05. The van der Waals surface area contributed by atoms with Crippen molar-refractivity contribution in [3.05, 3.63) is 58.0 Å². The van der Waals surface area contributed by atoms with E-state index in [4.69, 9.17) is 21.8 Å². The van der Waals surface area contributed by atoms with Crippen LogP contribution < -0.4 is 0 Å². The van der Waals surface area contributed by atoms with E-state index in [1.807, 2.05) is 22.9 Å². The number of aromatic nitrogens is 5. The zero-order valence-electron chi connectivity index (χ0n) is 19.1. The maximum absolute atomic E-state index is 5.84. The van der Waals surface area contributed by atoms with Gasteiger partial charge in [-0.25, -0.2) is 4.68 Å². The number of benzene rings is 1. The van der Waals surface area contributed by atoms with E-state index in [2.05, 4.69) is 55.0 Å². The first-order chi connectivity index (χ1) is 16.7. The number of nitrogens with zero attached hydrogens (tertiary/aromatic N) is 7. The molecular weight excluding hydrogens is 466 g/mol. The minimum Gasteiger partial charge on any atom is -0.338 e. The normalized spacial score (nSPS) is 17.4. The molecule has 1 saturated heterocycles. The summed E-state index contributed by atoms with van der Waals surface area (Å²) >= 11 is 7.56. The monoisotopic (exact) mass is 493 g/mol. The van der Waals surface area contributed by atoms with E-state index in [0.29, 0.717) is 24.3 Å². The van der Waals surface area contributed by atoms with E-state index in [0.717, 1.165) is 54.6 Å². The zero-order valence-corrected chi connectivity index (χ0v) is 20.8. The number of piperazine rings is 1. The quantitative estimate of drug-likeness (QED) is 0.348. The highest BCUT2D eigenvalue weighted by atomic mass is 32.1. The molecule has 0 N–H and O–H groups in total. The molecule has 0 bridgehead atoms. The van der Waals surface area contributed by atoms with Gasteiger partial charge in [0.1, 0.15) is 0 Å². The topological polar surface area (TPSA) is 68.2 Å². The molecule has 2 aliphatic rings. The summed E-state index contributed by atoms with van der Waals surface area (Å²) in [5, 5.41) is 11.2. The summed E-state index contributed by atoms with van der Waals surface area (Å²) < 4.78 is 10.7. The van der Waals surface area contributed by atoms with Gasteiger partial charge in [-0.05, 0) is 49.0 Å². The third kappa shape index (κ3) is 4.38. The highest BCUT2D eigenvalue weighted by molar-refractivity contribution is 7.71. The SMILES string of the molecule is Cc1ccccc1-c1noc(CN2CCN(Cn3nc(-c4cccs4)n(C4CC4)c3=S)CC2)n1. The Morgan fingerprint density at radius 3 is 2.59 bits per heavy atom. The minimum atomic E-state index is 0.508. The maximum atomic E-state index is 5.84. The largest absolute Gasteiger partial charge is 0.338 e. The lowest BCUT2D eigenvalue weighted by Gasteiger charge is -2.33. The van der Waals surface area contributed by atoms with Crippen LogP contribution in [0.5, 0.6) is 0 Å². The van der Waals surface area contributed by atoms with Crippen LogP contribution in [0.1, 0.15) is 30.3 Å². The fourth-order valence-corrected chi connectivity index (χ4v) is 5.51. The average Bonchev–Trinajstić information content (AvgIpc) is 3.21. The molecule has 0 radical (unpaired) electrons. The fourth-order valence-electron chi connectivity index (χ4n) is 4.47. The van der Waals surface area contributed by atoms with Gasteiger partial charge in [0, 0.05) is 37.8 Å². The van der Waals surface area contributed by atoms with Crippen LogP contribution in [0.4, 0.5) is 0 Å². The first-order valence-electron chi connectivity index (χ1n) is 11.7. The van der Waals surface area contributed by atoms with Gasteiger partial charge in [0.05, 0.1) is 18.1 Å². The van der Waals surface area contributed by atoms with Crippen LogP contribution in [-0.2, 0) is 13.2 Å². The smallest absolute Gasteiger partial charge is 0.241 e. The Morgan fingerprint density at radius 2 is 1.85 bits per heavy atom. The second-order valence-corrected chi connectivity index (χ2v) is 10.4.